The number of nitrogens with two attached hydrogens (primary N) is 1. The van der Waals surface area contributed by atoms with Gasteiger partial charge in [-0.25, -0.2) is 18.5 Å². The molecule has 1 amide bonds. The summed E-state index contributed by atoms with van der Waals surface area (Å²) in [6, 6.07) is 20.5. The lowest BCUT2D eigenvalue weighted by Gasteiger charge is -2.15. The summed E-state index contributed by atoms with van der Waals surface area (Å²) in [6.45, 7) is 0. The molecule has 0 unspecified atom stereocenters. The summed E-state index contributed by atoms with van der Waals surface area (Å²) >= 11 is 1.11. The number of rotatable bonds is 5. The van der Waals surface area contributed by atoms with Crippen molar-refractivity contribution >= 4 is 56.0 Å². The molecule has 4 rings (SSSR count). The second kappa shape index (κ2) is 8.98. The summed E-state index contributed by atoms with van der Waals surface area (Å²) in [7, 11) is -3.84. The Hall–Kier alpha value is -3.80. The second-order valence-corrected chi connectivity index (χ2v) is 9.44. The monoisotopic (exact) mass is 480 g/mol. The van der Waals surface area contributed by atoms with Crippen molar-refractivity contribution in [2.75, 3.05) is 4.90 Å². The van der Waals surface area contributed by atoms with Gasteiger partial charge in [-0.2, -0.15) is 0 Å². The molecular weight excluding hydrogens is 464 g/mol. The maximum Gasteiger partial charge on any atom is 0.271 e. The summed E-state index contributed by atoms with van der Waals surface area (Å²) in [6.07, 6.45) is 1.57. The van der Waals surface area contributed by atoms with E-state index in [1.807, 2.05) is 6.07 Å². The van der Waals surface area contributed by atoms with Gasteiger partial charge in [0.1, 0.15) is 0 Å². The van der Waals surface area contributed by atoms with Crippen molar-refractivity contribution in [3.63, 3.8) is 0 Å². The fraction of sp³-hybridized carbons (Fsp3) is 0. The zero-order valence-corrected chi connectivity index (χ0v) is 18.5. The molecule has 1 aliphatic heterocycles. The van der Waals surface area contributed by atoms with Crippen LogP contribution < -0.4 is 10.0 Å². The number of sulfonamides is 1. The van der Waals surface area contributed by atoms with E-state index in [2.05, 4.69) is 4.99 Å². The van der Waals surface area contributed by atoms with Crippen molar-refractivity contribution in [3.05, 3.63) is 99.4 Å². The number of thioether (sulfide) groups is 1. The average Bonchev–Trinajstić information content (AvgIpc) is 3.08. The largest absolute Gasteiger partial charge is 0.271 e. The number of aliphatic imine (C=N–C) groups is 1. The Balaban J connectivity index is 1.75. The number of benzene rings is 3. The highest BCUT2D eigenvalue weighted by atomic mass is 32.2. The Kier molecular flexibility index (Phi) is 6.09. The molecule has 9 nitrogen and oxygen atoms in total. The van der Waals surface area contributed by atoms with Gasteiger partial charge >= 0.3 is 0 Å². The topological polar surface area (TPSA) is 136 Å². The molecule has 2 N–H and O–H groups in total. The molecule has 0 spiro atoms. The van der Waals surface area contributed by atoms with Gasteiger partial charge in [-0.1, -0.05) is 30.3 Å². The van der Waals surface area contributed by atoms with Crippen molar-refractivity contribution in [3.8, 4) is 0 Å². The third-order valence-electron chi connectivity index (χ3n) is 4.59. The number of hydrogen-bond donors (Lipinski definition) is 1. The molecule has 1 saturated heterocycles. The molecule has 0 saturated carbocycles. The lowest BCUT2D eigenvalue weighted by molar-refractivity contribution is -0.384. The number of para-hydroxylation sites is 1. The van der Waals surface area contributed by atoms with E-state index in [0.717, 1.165) is 11.8 Å². The average molecular weight is 481 g/mol. The van der Waals surface area contributed by atoms with Gasteiger partial charge in [0, 0.05) is 12.1 Å². The minimum Gasteiger partial charge on any atom is -0.268 e. The quantitative estimate of drug-likeness (QED) is 0.332. The number of anilines is 1. The summed E-state index contributed by atoms with van der Waals surface area (Å²) < 4.78 is 23.0. The SMILES string of the molecule is NS(=O)(=O)c1ccc(N=C2SC(=Cc3cccc([N+](=O)[O-])c3)C(=O)N2c2ccccc2)cc1. The lowest BCUT2D eigenvalue weighted by Crippen LogP contribution is -2.28. The standard InChI is InChI=1S/C22H16N4O5S2/c23-33(30,31)19-11-9-16(10-12-19)24-22-25(17-6-2-1-3-7-17)21(27)20(32-22)14-15-5-4-8-18(13-15)26(28)29/h1-14H,(H2,23,30,31). The minimum absolute atomic E-state index is 0.0484. The van der Waals surface area contributed by atoms with Crippen molar-refractivity contribution in [1.29, 1.82) is 0 Å². The van der Waals surface area contributed by atoms with Gasteiger partial charge < -0.3 is 0 Å². The van der Waals surface area contributed by atoms with E-state index in [1.165, 1.54) is 41.3 Å². The summed E-state index contributed by atoms with van der Waals surface area (Å²) in [4.78, 5) is 30.1. The smallest absolute Gasteiger partial charge is 0.268 e. The van der Waals surface area contributed by atoms with Crippen LogP contribution in [-0.2, 0) is 14.8 Å². The number of carbonyl (C=O) groups excluding carboxylic acids is 1. The Labute approximate surface area is 193 Å². The van der Waals surface area contributed by atoms with Crippen LogP contribution in [-0.4, -0.2) is 24.4 Å². The Morgan fingerprint density at radius 3 is 2.33 bits per heavy atom. The Bertz CT molecular complexity index is 1400. The third kappa shape index (κ3) is 5.00. The van der Waals surface area contributed by atoms with Gasteiger partial charge in [0.2, 0.25) is 10.0 Å². The zero-order valence-electron chi connectivity index (χ0n) is 16.9. The molecule has 0 atom stereocenters. The molecule has 0 radical (unpaired) electrons. The summed E-state index contributed by atoms with van der Waals surface area (Å²) in [5.74, 6) is -0.336. The number of nitro benzene ring substituents is 1. The van der Waals surface area contributed by atoms with Crippen molar-refractivity contribution < 1.29 is 18.1 Å². The predicted octanol–water partition coefficient (Wildman–Crippen LogP) is 4.05. The first kappa shape index (κ1) is 22.4. The van der Waals surface area contributed by atoms with Gasteiger partial charge in [-0.3, -0.25) is 19.8 Å². The van der Waals surface area contributed by atoms with E-state index in [9.17, 15) is 23.3 Å². The zero-order chi connectivity index (χ0) is 23.6. The molecule has 1 heterocycles. The van der Waals surface area contributed by atoms with Gasteiger partial charge in [0.05, 0.1) is 26.1 Å². The third-order valence-corrected chi connectivity index (χ3v) is 6.49. The van der Waals surface area contributed by atoms with Crippen LogP contribution >= 0.6 is 11.8 Å². The van der Waals surface area contributed by atoms with E-state index >= 15 is 0 Å². The van der Waals surface area contributed by atoms with Crippen molar-refractivity contribution in [1.82, 2.24) is 0 Å². The molecule has 1 fully saturated rings. The number of amidine groups is 1. The van der Waals surface area contributed by atoms with E-state index < -0.39 is 14.9 Å². The molecule has 0 aromatic heterocycles. The highest BCUT2D eigenvalue weighted by Gasteiger charge is 2.34. The molecule has 3 aromatic rings. The molecule has 11 heteroatoms. The van der Waals surface area contributed by atoms with E-state index in [0.29, 0.717) is 27.0 Å². The maximum atomic E-state index is 13.2. The van der Waals surface area contributed by atoms with E-state index in [4.69, 9.17) is 5.14 Å². The van der Waals surface area contributed by atoms with Crippen molar-refractivity contribution in [2.24, 2.45) is 10.1 Å². The van der Waals surface area contributed by atoms with Crippen LogP contribution in [0, 0.1) is 10.1 Å². The van der Waals surface area contributed by atoms with Crippen molar-refractivity contribution in [2.45, 2.75) is 4.90 Å². The number of non-ortho nitro benzene ring substituents is 1. The fourth-order valence-corrected chi connectivity index (χ4v) is 4.57. The second-order valence-electron chi connectivity index (χ2n) is 6.87. The first-order valence-electron chi connectivity index (χ1n) is 9.47. The number of carbonyl (C=O) groups is 1. The van der Waals surface area contributed by atoms with Gasteiger partial charge in [0.15, 0.2) is 5.17 Å². The summed E-state index contributed by atoms with van der Waals surface area (Å²) in [5.41, 5.74) is 1.45. The summed E-state index contributed by atoms with van der Waals surface area (Å²) in [5, 5.41) is 16.6. The van der Waals surface area contributed by atoms with Gasteiger partial charge in [-0.05, 0) is 59.8 Å². The van der Waals surface area contributed by atoms with Crippen LogP contribution in [0.15, 0.2) is 93.7 Å². The molecule has 3 aromatic carbocycles. The molecule has 33 heavy (non-hydrogen) atoms. The van der Waals surface area contributed by atoms with Crippen LogP contribution in [0.1, 0.15) is 5.56 Å². The number of hydrogen-bond acceptors (Lipinski definition) is 7. The first-order chi connectivity index (χ1) is 15.7. The van der Waals surface area contributed by atoms with E-state index in [1.54, 1.807) is 42.5 Å². The molecule has 0 bridgehead atoms. The normalized spacial score (nSPS) is 16.5. The molecule has 1 aliphatic rings. The number of primary sulfonamides is 1. The first-order valence-corrected chi connectivity index (χ1v) is 11.8. The van der Waals surface area contributed by atoms with Gasteiger partial charge in [-0.15, -0.1) is 0 Å². The predicted molar refractivity (Wildman–Crippen MR) is 128 cm³/mol. The Morgan fingerprint density at radius 1 is 1.00 bits per heavy atom. The Morgan fingerprint density at radius 2 is 1.70 bits per heavy atom. The van der Waals surface area contributed by atoms with Gasteiger partial charge in [0.25, 0.3) is 11.6 Å². The maximum absolute atomic E-state index is 13.2. The van der Waals surface area contributed by atoms with Crippen LogP contribution in [0.2, 0.25) is 0 Å². The fourth-order valence-electron chi connectivity index (χ4n) is 3.05. The van der Waals surface area contributed by atoms with E-state index in [-0.39, 0.29) is 16.5 Å². The highest BCUT2D eigenvalue weighted by Crippen LogP contribution is 2.37. The van der Waals surface area contributed by atoms with Crippen LogP contribution in [0.25, 0.3) is 6.08 Å². The highest BCUT2D eigenvalue weighted by molar-refractivity contribution is 8.19. The van der Waals surface area contributed by atoms with Crippen LogP contribution in [0.4, 0.5) is 17.1 Å². The number of amides is 1. The van der Waals surface area contributed by atoms with Crippen LogP contribution in [0.3, 0.4) is 0 Å². The molecule has 166 valence electrons. The molecule has 0 aliphatic carbocycles. The lowest BCUT2D eigenvalue weighted by atomic mass is 10.2. The molecular formula is C22H16N4O5S2. The van der Waals surface area contributed by atoms with Crippen LogP contribution in [0.5, 0.6) is 0 Å². The number of nitro groups is 1. The number of nitrogens with zero attached hydrogens (tertiary/aromatic N) is 3. The minimum atomic E-state index is -3.84.